The van der Waals surface area contributed by atoms with Gasteiger partial charge in [-0.05, 0) is 59.6 Å². The first kappa shape index (κ1) is 23.6. The first-order valence-corrected chi connectivity index (χ1v) is 12.3. The SMILES string of the molecule is O=C(O)COc1cccc2c1CC[C@H](Cn1cccc(C(c3ccccc3)c3ccccc3)c1=O)C2. The average molecular weight is 480 g/mol. The van der Waals surface area contributed by atoms with Gasteiger partial charge in [0.05, 0.1) is 0 Å². The molecule has 0 amide bonds. The number of aliphatic carboxylic acids is 1. The lowest BCUT2D eigenvalue weighted by molar-refractivity contribution is -0.139. The summed E-state index contributed by atoms with van der Waals surface area (Å²) in [4.78, 5) is 24.7. The summed E-state index contributed by atoms with van der Waals surface area (Å²) < 4.78 is 7.37. The maximum Gasteiger partial charge on any atom is 0.341 e. The molecule has 5 rings (SSSR count). The Kier molecular flexibility index (Phi) is 6.99. The lowest BCUT2D eigenvalue weighted by atomic mass is 9.83. The Morgan fingerprint density at radius 1 is 0.917 bits per heavy atom. The third kappa shape index (κ3) is 5.10. The van der Waals surface area contributed by atoms with Crippen molar-refractivity contribution >= 4 is 5.97 Å². The van der Waals surface area contributed by atoms with Gasteiger partial charge in [0.2, 0.25) is 0 Å². The van der Waals surface area contributed by atoms with E-state index in [9.17, 15) is 9.59 Å². The average Bonchev–Trinajstić information content (AvgIpc) is 2.91. The van der Waals surface area contributed by atoms with Crippen molar-refractivity contribution in [2.24, 2.45) is 5.92 Å². The van der Waals surface area contributed by atoms with Gasteiger partial charge in [-0.2, -0.15) is 0 Å². The number of aromatic nitrogens is 1. The van der Waals surface area contributed by atoms with E-state index in [4.69, 9.17) is 9.84 Å². The summed E-state index contributed by atoms with van der Waals surface area (Å²) in [6.45, 7) is 0.300. The molecule has 0 radical (unpaired) electrons. The quantitative estimate of drug-likeness (QED) is 0.373. The monoisotopic (exact) mass is 479 g/mol. The molecular formula is C31H29NO4. The van der Waals surface area contributed by atoms with Gasteiger partial charge in [0.15, 0.2) is 6.61 Å². The zero-order chi connectivity index (χ0) is 24.9. The van der Waals surface area contributed by atoms with Gasteiger partial charge in [0.25, 0.3) is 5.56 Å². The topological polar surface area (TPSA) is 68.5 Å². The smallest absolute Gasteiger partial charge is 0.341 e. The van der Waals surface area contributed by atoms with Crippen molar-refractivity contribution in [3.8, 4) is 5.75 Å². The predicted octanol–water partition coefficient (Wildman–Crippen LogP) is 5.30. The van der Waals surface area contributed by atoms with Crippen LogP contribution < -0.4 is 10.3 Å². The fourth-order valence-corrected chi connectivity index (χ4v) is 5.32. The number of nitrogens with zero attached hydrogens (tertiary/aromatic N) is 1. The van der Waals surface area contributed by atoms with Crippen LogP contribution in [0.5, 0.6) is 5.75 Å². The van der Waals surface area contributed by atoms with Gasteiger partial charge < -0.3 is 14.4 Å². The molecule has 1 aromatic heterocycles. The Hall–Kier alpha value is -4.12. The Morgan fingerprint density at radius 3 is 2.28 bits per heavy atom. The van der Waals surface area contributed by atoms with E-state index in [1.54, 1.807) is 0 Å². The highest BCUT2D eigenvalue weighted by Crippen LogP contribution is 2.33. The number of benzene rings is 3. The molecule has 1 aliphatic rings. The first-order valence-electron chi connectivity index (χ1n) is 12.3. The summed E-state index contributed by atoms with van der Waals surface area (Å²) in [7, 11) is 0. The van der Waals surface area contributed by atoms with Crippen LogP contribution in [0.15, 0.2) is 102 Å². The molecule has 0 bridgehead atoms. The van der Waals surface area contributed by atoms with E-state index < -0.39 is 5.97 Å². The molecule has 5 heteroatoms. The minimum absolute atomic E-state index is 0.0412. The van der Waals surface area contributed by atoms with Crippen LogP contribution in [0.4, 0.5) is 0 Å². The van der Waals surface area contributed by atoms with Crippen molar-refractivity contribution in [2.75, 3.05) is 6.61 Å². The molecule has 0 saturated carbocycles. The molecule has 0 spiro atoms. The van der Waals surface area contributed by atoms with Crippen LogP contribution in [0.25, 0.3) is 0 Å². The van der Waals surface area contributed by atoms with Crippen LogP contribution in [0.1, 0.15) is 40.2 Å². The maximum absolute atomic E-state index is 13.8. The second kappa shape index (κ2) is 10.6. The minimum atomic E-state index is -0.982. The number of carbonyl (C=O) groups is 1. The van der Waals surface area contributed by atoms with Crippen LogP contribution in [0.2, 0.25) is 0 Å². The zero-order valence-electron chi connectivity index (χ0n) is 20.0. The second-order valence-electron chi connectivity index (χ2n) is 9.36. The van der Waals surface area contributed by atoms with Crippen molar-refractivity contribution in [2.45, 2.75) is 31.7 Å². The van der Waals surface area contributed by atoms with Gasteiger partial charge in [-0.1, -0.05) is 78.9 Å². The second-order valence-corrected chi connectivity index (χ2v) is 9.36. The molecule has 1 heterocycles. The normalized spacial score (nSPS) is 14.9. The van der Waals surface area contributed by atoms with Crippen molar-refractivity contribution in [1.82, 2.24) is 4.57 Å². The van der Waals surface area contributed by atoms with E-state index in [0.29, 0.717) is 18.2 Å². The Bertz CT molecular complexity index is 1360. The lowest BCUT2D eigenvalue weighted by Crippen LogP contribution is -2.30. The van der Waals surface area contributed by atoms with Gasteiger partial charge in [-0.3, -0.25) is 4.79 Å². The Balaban J connectivity index is 1.41. The Labute approximate surface area is 210 Å². The molecule has 5 nitrogen and oxygen atoms in total. The van der Waals surface area contributed by atoms with Gasteiger partial charge >= 0.3 is 5.97 Å². The molecule has 3 aromatic carbocycles. The summed E-state index contributed by atoms with van der Waals surface area (Å²) >= 11 is 0. The highest BCUT2D eigenvalue weighted by molar-refractivity contribution is 5.68. The third-order valence-electron chi connectivity index (χ3n) is 6.97. The first-order chi connectivity index (χ1) is 17.6. The molecule has 1 atom stereocenters. The number of rotatable bonds is 8. The van der Waals surface area contributed by atoms with E-state index in [1.165, 1.54) is 5.56 Å². The minimum Gasteiger partial charge on any atom is -0.482 e. The van der Waals surface area contributed by atoms with Crippen LogP contribution >= 0.6 is 0 Å². The van der Waals surface area contributed by atoms with Crippen LogP contribution in [-0.4, -0.2) is 22.2 Å². The van der Waals surface area contributed by atoms with Crippen LogP contribution in [0.3, 0.4) is 0 Å². The van der Waals surface area contributed by atoms with Crippen molar-refractivity contribution in [3.05, 3.63) is 135 Å². The molecular weight excluding hydrogens is 450 g/mol. The molecule has 0 unspecified atom stereocenters. The van der Waals surface area contributed by atoms with Gasteiger partial charge in [0.1, 0.15) is 5.75 Å². The largest absolute Gasteiger partial charge is 0.482 e. The number of carboxylic acids is 1. The molecule has 4 aromatic rings. The molecule has 1 N–H and O–H groups in total. The predicted molar refractivity (Wildman–Crippen MR) is 140 cm³/mol. The van der Waals surface area contributed by atoms with Gasteiger partial charge in [0, 0.05) is 24.2 Å². The highest BCUT2D eigenvalue weighted by Gasteiger charge is 2.24. The maximum atomic E-state index is 13.8. The van der Waals surface area contributed by atoms with E-state index in [-0.39, 0.29) is 18.1 Å². The zero-order valence-corrected chi connectivity index (χ0v) is 20.0. The summed E-state index contributed by atoms with van der Waals surface area (Å²) in [6, 6.07) is 30.1. The van der Waals surface area contributed by atoms with E-state index >= 15 is 0 Å². The molecule has 0 saturated heterocycles. The fraction of sp³-hybridized carbons (Fsp3) is 0.226. The van der Waals surface area contributed by atoms with Crippen molar-refractivity contribution < 1.29 is 14.6 Å². The molecule has 1 aliphatic carbocycles. The number of carboxylic acid groups (broad SMARTS) is 1. The molecule has 182 valence electrons. The number of pyridine rings is 1. The van der Waals surface area contributed by atoms with Crippen LogP contribution in [0, 0.1) is 5.92 Å². The highest BCUT2D eigenvalue weighted by atomic mass is 16.5. The number of ether oxygens (including phenoxy) is 1. The summed E-state index contributed by atoms with van der Waals surface area (Å²) in [5.74, 6) is -0.147. The molecule has 0 fully saturated rings. The number of hydrogen-bond donors (Lipinski definition) is 1. The molecule has 36 heavy (non-hydrogen) atoms. The third-order valence-corrected chi connectivity index (χ3v) is 6.97. The van der Waals surface area contributed by atoms with E-state index in [2.05, 4.69) is 30.3 Å². The fourth-order valence-electron chi connectivity index (χ4n) is 5.32. The Morgan fingerprint density at radius 2 is 1.61 bits per heavy atom. The number of hydrogen-bond acceptors (Lipinski definition) is 3. The van der Waals surface area contributed by atoms with Gasteiger partial charge in [-0.15, -0.1) is 0 Å². The number of fused-ring (bicyclic) bond motifs is 1. The van der Waals surface area contributed by atoms with Crippen LogP contribution in [-0.2, 0) is 24.2 Å². The van der Waals surface area contributed by atoms with Crippen molar-refractivity contribution in [1.29, 1.82) is 0 Å². The van der Waals surface area contributed by atoms with Gasteiger partial charge in [-0.25, -0.2) is 4.79 Å². The molecule has 0 aliphatic heterocycles. The van der Waals surface area contributed by atoms with E-state index in [0.717, 1.165) is 41.5 Å². The summed E-state index contributed by atoms with van der Waals surface area (Å²) in [5, 5.41) is 8.96. The van der Waals surface area contributed by atoms with E-state index in [1.807, 2.05) is 71.4 Å². The summed E-state index contributed by atoms with van der Waals surface area (Å²) in [5.41, 5.74) is 5.27. The lowest BCUT2D eigenvalue weighted by Gasteiger charge is -2.27. The standard InChI is InChI=1S/C31H29NO4/c33-29(34)21-36-28-15-7-13-25-19-22(16-17-26(25)28)20-32-18-8-14-27(31(32)35)30(23-9-3-1-4-10-23)24-11-5-2-6-12-24/h1-15,18,22,30H,16-17,19-21H2,(H,33,34)/t22-/m0/s1. The summed E-state index contributed by atoms with van der Waals surface area (Å²) in [6.07, 6.45) is 4.44. The van der Waals surface area contributed by atoms with Crippen molar-refractivity contribution in [3.63, 3.8) is 0 Å².